The molecule has 4 nitrogen and oxygen atoms in total. The predicted octanol–water partition coefficient (Wildman–Crippen LogP) is 2.72. The number of nitrogen functional groups attached to an aromatic ring is 1. The topological polar surface area (TPSA) is 68.0 Å². The normalized spacial score (nSPS) is 22.4. The first-order valence-electron chi connectivity index (χ1n) is 6.43. The van der Waals surface area contributed by atoms with Crippen molar-refractivity contribution in [1.82, 2.24) is 10.3 Å². The van der Waals surface area contributed by atoms with Crippen LogP contribution >= 0.6 is 23.4 Å². The first-order chi connectivity index (χ1) is 9.10. The van der Waals surface area contributed by atoms with E-state index in [1.807, 2.05) is 11.8 Å². The third-order valence-electron chi connectivity index (χ3n) is 3.25. The molecule has 0 aromatic carbocycles. The van der Waals surface area contributed by atoms with E-state index in [1.54, 1.807) is 6.07 Å². The third-order valence-corrected chi connectivity index (χ3v) is 4.79. The molecule has 1 amide bonds. The largest absolute Gasteiger partial charge is 0.382 e. The van der Waals surface area contributed by atoms with Gasteiger partial charge in [0.2, 0.25) is 0 Å². The minimum absolute atomic E-state index is 0.124. The van der Waals surface area contributed by atoms with Crippen molar-refractivity contribution in [2.45, 2.75) is 37.5 Å². The van der Waals surface area contributed by atoms with Crippen LogP contribution in [-0.2, 0) is 0 Å². The van der Waals surface area contributed by atoms with E-state index in [-0.39, 0.29) is 17.8 Å². The van der Waals surface area contributed by atoms with Crippen molar-refractivity contribution in [2.75, 3.05) is 11.5 Å². The van der Waals surface area contributed by atoms with E-state index < -0.39 is 0 Å². The van der Waals surface area contributed by atoms with Gasteiger partial charge in [0.1, 0.15) is 5.82 Å². The molecule has 0 bridgehead atoms. The molecule has 1 fully saturated rings. The molecule has 104 valence electrons. The Morgan fingerprint density at radius 3 is 3.11 bits per heavy atom. The molecule has 1 aliphatic rings. The van der Waals surface area contributed by atoms with E-state index in [0.717, 1.165) is 18.6 Å². The van der Waals surface area contributed by atoms with Gasteiger partial charge in [0.05, 0.1) is 10.6 Å². The van der Waals surface area contributed by atoms with Crippen LogP contribution in [0.4, 0.5) is 5.82 Å². The second-order valence-electron chi connectivity index (χ2n) is 4.65. The molecule has 0 aliphatic heterocycles. The Kier molecular flexibility index (Phi) is 4.93. The second kappa shape index (κ2) is 6.48. The lowest BCUT2D eigenvalue weighted by Crippen LogP contribution is -2.33. The van der Waals surface area contributed by atoms with Gasteiger partial charge in [-0.2, -0.15) is 11.8 Å². The smallest absolute Gasteiger partial charge is 0.253 e. The molecular formula is C13H18ClN3OS. The van der Waals surface area contributed by atoms with Gasteiger partial charge in [-0.25, -0.2) is 4.98 Å². The lowest BCUT2D eigenvalue weighted by molar-refractivity contribution is 0.0937. The van der Waals surface area contributed by atoms with Crippen LogP contribution in [0, 0.1) is 0 Å². The lowest BCUT2D eigenvalue weighted by atomic mass is 10.2. The Labute approximate surface area is 122 Å². The first kappa shape index (κ1) is 14.5. The lowest BCUT2D eigenvalue weighted by Gasteiger charge is -2.13. The molecule has 19 heavy (non-hydrogen) atoms. The molecule has 1 aliphatic carbocycles. The van der Waals surface area contributed by atoms with E-state index in [1.165, 1.54) is 12.6 Å². The number of carbonyl (C=O) groups excluding carboxylic acids is 1. The minimum Gasteiger partial charge on any atom is -0.382 e. The highest BCUT2D eigenvalue weighted by Crippen LogP contribution is 2.29. The quantitative estimate of drug-likeness (QED) is 0.897. The number of halogens is 1. The summed E-state index contributed by atoms with van der Waals surface area (Å²) in [6, 6.07) is 1.82. The van der Waals surface area contributed by atoms with Crippen LogP contribution < -0.4 is 11.1 Å². The summed E-state index contributed by atoms with van der Waals surface area (Å²) < 4.78 is 0. The van der Waals surface area contributed by atoms with Crippen molar-refractivity contribution in [3.8, 4) is 0 Å². The molecule has 6 heteroatoms. The molecule has 0 saturated heterocycles. The summed E-state index contributed by atoms with van der Waals surface area (Å²) in [5.41, 5.74) is 5.99. The number of nitrogens with two attached hydrogens (primary N) is 1. The standard InChI is InChI=1S/C13H18ClN3OS/c1-2-19-10-4-3-9(6-10)17-13(18)8-5-11(14)12(15)16-7-8/h5,7,9-10H,2-4,6H2,1H3,(H2,15,16)(H,17,18). The number of anilines is 1. The number of carbonyl (C=O) groups is 1. The Morgan fingerprint density at radius 2 is 2.42 bits per heavy atom. The number of hydrogen-bond donors (Lipinski definition) is 2. The van der Waals surface area contributed by atoms with Crippen LogP contribution in [0.5, 0.6) is 0 Å². The number of amides is 1. The summed E-state index contributed by atoms with van der Waals surface area (Å²) >= 11 is 7.84. The molecule has 2 atom stereocenters. The highest BCUT2D eigenvalue weighted by Gasteiger charge is 2.26. The number of hydrogen-bond acceptors (Lipinski definition) is 4. The van der Waals surface area contributed by atoms with Crippen molar-refractivity contribution in [1.29, 1.82) is 0 Å². The van der Waals surface area contributed by atoms with E-state index in [9.17, 15) is 4.79 Å². The van der Waals surface area contributed by atoms with Gasteiger partial charge < -0.3 is 11.1 Å². The van der Waals surface area contributed by atoms with E-state index in [4.69, 9.17) is 17.3 Å². The van der Waals surface area contributed by atoms with Crippen molar-refractivity contribution in [3.63, 3.8) is 0 Å². The second-order valence-corrected chi connectivity index (χ2v) is 6.64. The maximum atomic E-state index is 12.1. The SMILES string of the molecule is CCSC1CCC(NC(=O)c2cnc(N)c(Cl)c2)C1. The highest BCUT2D eigenvalue weighted by atomic mass is 35.5. The Morgan fingerprint density at radius 1 is 1.63 bits per heavy atom. The van der Waals surface area contributed by atoms with Gasteiger partial charge in [0, 0.05) is 17.5 Å². The van der Waals surface area contributed by atoms with Gasteiger partial charge >= 0.3 is 0 Å². The van der Waals surface area contributed by atoms with Gasteiger partial charge in [-0.05, 0) is 31.1 Å². The summed E-state index contributed by atoms with van der Waals surface area (Å²) in [6.45, 7) is 2.17. The minimum atomic E-state index is -0.124. The van der Waals surface area contributed by atoms with Crippen LogP contribution in [0.3, 0.4) is 0 Å². The average Bonchev–Trinajstić information content (AvgIpc) is 2.80. The number of aromatic nitrogens is 1. The fourth-order valence-electron chi connectivity index (χ4n) is 2.30. The van der Waals surface area contributed by atoms with Crippen LogP contribution in [0.15, 0.2) is 12.3 Å². The molecule has 2 rings (SSSR count). The van der Waals surface area contributed by atoms with Gasteiger partial charge in [-0.3, -0.25) is 4.79 Å². The zero-order valence-corrected chi connectivity index (χ0v) is 12.4. The monoisotopic (exact) mass is 299 g/mol. The fourth-order valence-corrected chi connectivity index (χ4v) is 3.61. The van der Waals surface area contributed by atoms with Crippen molar-refractivity contribution >= 4 is 35.1 Å². The Hall–Kier alpha value is -0.940. The van der Waals surface area contributed by atoms with E-state index in [2.05, 4.69) is 17.2 Å². The number of thioether (sulfide) groups is 1. The first-order valence-corrected chi connectivity index (χ1v) is 7.86. The Balaban J connectivity index is 1.92. The maximum absolute atomic E-state index is 12.1. The molecule has 3 N–H and O–H groups in total. The van der Waals surface area contributed by atoms with Crippen LogP contribution in [0.2, 0.25) is 5.02 Å². The Bertz CT molecular complexity index is 469. The molecule has 1 saturated carbocycles. The molecule has 1 heterocycles. The molecule has 2 unspecified atom stereocenters. The predicted molar refractivity (Wildman–Crippen MR) is 80.7 cm³/mol. The molecular weight excluding hydrogens is 282 g/mol. The number of rotatable bonds is 4. The zero-order chi connectivity index (χ0) is 13.8. The summed E-state index contributed by atoms with van der Waals surface area (Å²) in [5.74, 6) is 1.25. The summed E-state index contributed by atoms with van der Waals surface area (Å²) in [7, 11) is 0. The van der Waals surface area contributed by atoms with E-state index >= 15 is 0 Å². The summed E-state index contributed by atoms with van der Waals surface area (Å²) in [4.78, 5) is 16.0. The van der Waals surface area contributed by atoms with Crippen molar-refractivity contribution in [2.24, 2.45) is 0 Å². The van der Waals surface area contributed by atoms with Crippen molar-refractivity contribution < 1.29 is 4.79 Å². The third kappa shape index (κ3) is 3.76. The molecule has 1 aromatic heterocycles. The van der Waals surface area contributed by atoms with Crippen LogP contribution in [0.25, 0.3) is 0 Å². The van der Waals surface area contributed by atoms with E-state index in [0.29, 0.717) is 15.8 Å². The summed E-state index contributed by atoms with van der Waals surface area (Å²) in [5, 5.41) is 4.03. The fraction of sp³-hybridized carbons (Fsp3) is 0.538. The molecule has 0 radical (unpaired) electrons. The summed E-state index contributed by atoms with van der Waals surface area (Å²) in [6.07, 6.45) is 4.72. The maximum Gasteiger partial charge on any atom is 0.253 e. The van der Waals surface area contributed by atoms with Gasteiger partial charge in [0.25, 0.3) is 5.91 Å². The zero-order valence-electron chi connectivity index (χ0n) is 10.9. The van der Waals surface area contributed by atoms with Gasteiger partial charge in [-0.1, -0.05) is 18.5 Å². The molecule has 1 aromatic rings. The van der Waals surface area contributed by atoms with Crippen LogP contribution in [0.1, 0.15) is 36.5 Å². The van der Waals surface area contributed by atoms with Gasteiger partial charge in [-0.15, -0.1) is 0 Å². The average molecular weight is 300 g/mol. The highest BCUT2D eigenvalue weighted by molar-refractivity contribution is 7.99. The van der Waals surface area contributed by atoms with Crippen LogP contribution in [-0.4, -0.2) is 27.9 Å². The van der Waals surface area contributed by atoms with Crippen molar-refractivity contribution in [3.05, 3.63) is 22.8 Å². The number of nitrogens with one attached hydrogen (secondary N) is 1. The number of pyridine rings is 1. The molecule has 0 spiro atoms. The van der Waals surface area contributed by atoms with Gasteiger partial charge in [0.15, 0.2) is 0 Å². The number of nitrogens with zero attached hydrogens (tertiary/aromatic N) is 1.